The van der Waals surface area contributed by atoms with Gasteiger partial charge in [0.2, 0.25) is 10.0 Å². The zero-order chi connectivity index (χ0) is 15.5. The minimum absolute atomic E-state index is 0.134. The van der Waals surface area contributed by atoms with Gasteiger partial charge in [0.1, 0.15) is 0 Å². The molecule has 0 atom stereocenters. The minimum Gasteiger partial charge on any atom is -0.392 e. The highest BCUT2D eigenvalue weighted by molar-refractivity contribution is 9.10. The Kier molecular flexibility index (Phi) is 5.15. The highest BCUT2D eigenvalue weighted by atomic mass is 79.9. The molecular weight excluding hydrogens is 358 g/mol. The monoisotopic (exact) mass is 373 g/mol. The first-order chi connectivity index (χ1) is 9.92. The van der Waals surface area contributed by atoms with E-state index < -0.39 is 10.0 Å². The van der Waals surface area contributed by atoms with Crippen LogP contribution in [-0.2, 0) is 23.2 Å². The summed E-state index contributed by atoms with van der Waals surface area (Å²) in [6, 6.07) is 4.64. The molecule has 2 aromatic rings. The van der Waals surface area contributed by atoms with Crippen molar-refractivity contribution in [3.05, 3.63) is 46.2 Å². The molecule has 114 valence electrons. The Labute approximate surface area is 132 Å². The van der Waals surface area contributed by atoms with E-state index in [9.17, 15) is 8.42 Å². The summed E-state index contributed by atoms with van der Waals surface area (Å²) in [6.45, 7) is 2.50. The lowest BCUT2D eigenvalue weighted by Gasteiger charge is -2.09. The number of aliphatic hydroxyl groups excluding tert-OH is 1. The van der Waals surface area contributed by atoms with E-state index in [1.165, 1.54) is 6.07 Å². The lowest BCUT2D eigenvalue weighted by molar-refractivity contribution is 0.281. The number of hydrogen-bond acceptors (Lipinski definition) is 4. The maximum atomic E-state index is 12.2. The summed E-state index contributed by atoms with van der Waals surface area (Å²) >= 11 is 3.22. The predicted octanol–water partition coefficient (Wildman–Crippen LogP) is 1.42. The van der Waals surface area contributed by atoms with Crippen molar-refractivity contribution >= 4 is 26.0 Å². The number of benzene rings is 1. The van der Waals surface area contributed by atoms with Gasteiger partial charge in [0.05, 0.1) is 24.2 Å². The fraction of sp³-hybridized carbons (Fsp3) is 0.308. The Morgan fingerprint density at radius 1 is 1.43 bits per heavy atom. The number of aliphatic hydroxyl groups is 1. The van der Waals surface area contributed by atoms with Crippen LogP contribution >= 0.6 is 15.9 Å². The predicted molar refractivity (Wildman–Crippen MR) is 82.2 cm³/mol. The number of hydrogen-bond donors (Lipinski definition) is 2. The van der Waals surface area contributed by atoms with Crippen LogP contribution < -0.4 is 4.72 Å². The molecule has 0 aliphatic carbocycles. The summed E-state index contributed by atoms with van der Waals surface area (Å²) in [7, 11) is -3.60. The van der Waals surface area contributed by atoms with E-state index in [4.69, 9.17) is 5.11 Å². The van der Waals surface area contributed by atoms with E-state index in [1.807, 2.05) is 13.1 Å². The summed E-state index contributed by atoms with van der Waals surface area (Å²) in [5.74, 6) is 0. The van der Waals surface area contributed by atoms with Gasteiger partial charge in [0, 0.05) is 17.2 Å². The maximum absolute atomic E-state index is 12.2. The quantitative estimate of drug-likeness (QED) is 0.801. The van der Waals surface area contributed by atoms with E-state index in [-0.39, 0.29) is 18.0 Å². The summed E-state index contributed by atoms with van der Waals surface area (Å²) in [6.07, 6.45) is 3.57. The van der Waals surface area contributed by atoms with Gasteiger partial charge in [-0.05, 0) is 46.1 Å². The Balaban J connectivity index is 2.04. The van der Waals surface area contributed by atoms with E-state index in [1.54, 1.807) is 23.0 Å². The van der Waals surface area contributed by atoms with Crippen LogP contribution in [0.2, 0.25) is 0 Å². The lowest BCUT2D eigenvalue weighted by Crippen LogP contribution is -2.27. The van der Waals surface area contributed by atoms with Gasteiger partial charge in [0.25, 0.3) is 0 Å². The van der Waals surface area contributed by atoms with Crippen molar-refractivity contribution in [1.29, 1.82) is 0 Å². The molecule has 0 fully saturated rings. The normalized spacial score (nSPS) is 11.8. The molecule has 0 saturated carbocycles. The molecular formula is C13H16BrN3O3S. The van der Waals surface area contributed by atoms with Crippen LogP contribution in [0.25, 0.3) is 0 Å². The average Bonchev–Trinajstić information content (AvgIpc) is 2.83. The largest absolute Gasteiger partial charge is 0.392 e. The van der Waals surface area contributed by atoms with Gasteiger partial charge in [-0.15, -0.1) is 0 Å². The second-order valence-corrected chi connectivity index (χ2v) is 7.19. The van der Waals surface area contributed by atoms with Gasteiger partial charge in [-0.25, -0.2) is 13.1 Å². The third-order valence-corrected chi connectivity index (χ3v) is 5.30. The number of nitrogens with one attached hydrogen (secondary N) is 1. The molecule has 0 spiro atoms. The summed E-state index contributed by atoms with van der Waals surface area (Å²) in [5.41, 5.74) is 1.67. The Morgan fingerprint density at radius 3 is 2.76 bits per heavy atom. The van der Waals surface area contributed by atoms with Crippen LogP contribution in [0.4, 0.5) is 0 Å². The molecule has 0 saturated heterocycles. The Morgan fingerprint density at radius 2 is 2.19 bits per heavy atom. The number of nitrogens with zero attached hydrogens (tertiary/aromatic N) is 2. The molecule has 21 heavy (non-hydrogen) atoms. The standard InChI is InChI=1S/C13H16BrN3O3S/c1-10-7-15-17(8-10)5-4-16-21(19,20)13-3-2-11(9-18)6-12(13)14/h2-3,6-8,16,18H,4-5,9H2,1H3. The first-order valence-corrected chi connectivity index (χ1v) is 8.58. The first-order valence-electron chi connectivity index (χ1n) is 6.30. The zero-order valence-electron chi connectivity index (χ0n) is 11.5. The van der Waals surface area contributed by atoms with Crippen LogP contribution in [0.5, 0.6) is 0 Å². The second-order valence-electron chi connectivity index (χ2n) is 4.60. The molecule has 1 aromatic heterocycles. The molecule has 0 radical (unpaired) electrons. The number of rotatable bonds is 6. The molecule has 1 aromatic carbocycles. The molecule has 0 aliphatic rings. The SMILES string of the molecule is Cc1cnn(CCNS(=O)(=O)c2ccc(CO)cc2Br)c1. The molecule has 0 bridgehead atoms. The number of sulfonamides is 1. The van der Waals surface area contributed by atoms with Crippen LogP contribution in [0.1, 0.15) is 11.1 Å². The molecule has 0 unspecified atom stereocenters. The van der Waals surface area contributed by atoms with Crippen LogP contribution in [0, 0.1) is 6.92 Å². The van der Waals surface area contributed by atoms with Gasteiger partial charge >= 0.3 is 0 Å². The van der Waals surface area contributed by atoms with Gasteiger partial charge < -0.3 is 5.11 Å². The zero-order valence-corrected chi connectivity index (χ0v) is 13.9. The average molecular weight is 374 g/mol. The van der Waals surface area contributed by atoms with Crippen molar-refractivity contribution in [2.24, 2.45) is 0 Å². The second kappa shape index (κ2) is 6.69. The fourth-order valence-corrected chi connectivity index (χ4v) is 3.97. The topological polar surface area (TPSA) is 84.2 Å². The number of aryl methyl sites for hydroxylation is 1. The highest BCUT2D eigenvalue weighted by Gasteiger charge is 2.17. The van der Waals surface area contributed by atoms with E-state index in [0.717, 1.165) is 5.56 Å². The lowest BCUT2D eigenvalue weighted by atomic mass is 10.2. The Hall–Kier alpha value is -1.22. The molecule has 2 rings (SSSR count). The van der Waals surface area contributed by atoms with E-state index in [0.29, 0.717) is 16.6 Å². The van der Waals surface area contributed by atoms with Crippen molar-refractivity contribution in [3.8, 4) is 0 Å². The minimum atomic E-state index is -3.60. The fourth-order valence-electron chi connectivity index (χ4n) is 1.82. The molecule has 0 aliphatic heterocycles. The van der Waals surface area contributed by atoms with Crippen LogP contribution in [0.15, 0.2) is 40.0 Å². The highest BCUT2D eigenvalue weighted by Crippen LogP contribution is 2.23. The van der Waals surface area contributed by atoms with Crippen molar-refractivity contribution < 1.29 is 13.5 Å². The van der Waals surface area contributed by atoms with Crippen molar-refractivity contribution in [3.63, 3.8) is 0 Å². The first kappa shape index (κ1) is 16.2. The summed E-state index contributed by atoms with van der Waals surface area (Å²) in [4.78, 5) is 0.149. The smallest absolute Gasteiger partial charge is 0.241 e. The molecule has 1 heterocycles. The number of halogens is 1. The molecule has 8 heteroatoms. The van der Waals surface area contributed by atoms with Crippen molar-refractivity contribution in [2.45, 2.75) is 25.0 Å². The van der Waals surface area contributed by atoms with Gasteiger partial charge in [-0.2, -0.15) is 5.10 Å². The number of aromatic nitrogens is 2. The van der Waals surface area contributed by atoms with Gasteiger partial charge in [0.15, 0.2) is 0 Å². The van der Waals surface area contributed by atoms with Crippen LogP contribution in [-0.4, -0.2) is 29.8 Å². The van der Waals surface area contributed by atoms with Gasteiger partial charge in [-0.1, -0.05) is 6.07 Å². The van der Waals surface area contributed by atoms with Gasteiger partial charge in [-0.3, -0.25) is 4.68 Å². The molecule has 2 N–H and O–H groups in total. The third-order valence-electron chi connectivity index (χ3n) is 2.86. The summed E-state index contributed by atoms with van der Waals surface area (Å²) in [5, 5.41) is 13.1. The van der Waals surface area contributed by atoms with Crippen LogP contribution in [0.3, 0.4) is 0 Å². The summed E-state index contributed by atoms with van der Waals surface area (Å²) < 4.78 is 29.1. The van der Waals surface area contributed by atoms with E-state index >= 15 is 0 Å². The Bertz CT molecular complexity index is 728. The van der Waals surface area contributed by atoms with Crippen molar-refractivity contribution in [1.82, 2.24) is 14.5 Å². The molecule has 6 nitrogen and oxygen atoms in total. The maximum Gasteiger partial charge on any atom is 0.241 e. The van der Waals surface area contributed by atoms with Crippen molar-refractivity contribution in [2.75, 3.05) is 6.54 Å². The van der Waals surface area contributed by atoms with E-state index in [2.05, 4.69) is 25.8 Å². The third kappa shape index (κ3) is 4.13. The molecule has 0 amide bonds.